The van der Waals surface area contributed by atoms with Crippen LogP contribution in [0.1, 0.15) is 59.3 Å². The molecule has 1 saturated carbocycles. The van der Waals surface area contributed by atoms with Crippen molar-refractivity contribution >= 4 is 11.8 Å². The predicted molar refractivity (Wildman–Crippen MR) is 83.7 cm³/mol. The molecule has 1 heterocycles. The number of carbonyl (C=O) groups is 2. The van der Waals surface area contributed by atoms with Gasteiger partial charge in [0.1, 0.15) is 6.04 Å². The number of hydrogen-bond acceptors (Lipinski definition) is 2. The summed E-state index contributed by atoms with van der Waals surface area (Å²) in [5.41, 5.74) is 0. The first-order chi connectivity index (χ1) is 10.0. The van der Waals surface area contributed by atoms with Crippen LogP contribution in [0.2, 0.25) is 0 Å². The molecule has 1 aliphatic heterocycles. The van der Waals surface area contributed by atoms with Crippen molar-refractivity contribution in [2.75, 3.05) is 13.1 Å². The van der Waals surface area contributed by atoms with E-state index in [0.29, 0.717) is 0 Å². The van der Waals surface area contributed by atoms with Gasteiger partial charge in [0.15, 0.2) is 0 Å². The lowest BCUT2D eigenvalue weighted by molar-refractivity contribution is -0.146. The third-order valence-electron chi connectivity index (χ3n) is 5.38. The number of amides is 2. The average Bonchev–Trinajstić information content (AvgIpc) is 2.48. The fourth-order valence-corrected chi connectivity index (χ4v) is 3.50. The summed E-state index contributed by atoms with van der Waals surface area (Å²) >= 11 is 0. The van der Waals surface area contributed by atoms with Crippen molar-refractivity contribution < 1.29 is 9.59 Å². The molecule has 1 N–H and O–H groups in total. The van der Waals surface area contributed by atoms with Crippen LogP contribution in [0.5, 0.6) is 0 Å². The molecule has 120 valence electrons. The van der Waals surface area contributed by atoms with Gasteiger partial charge in [-0.1, -0.05) is 52.9 Å². The first-order valence-electron chi connectivity index (χ1n) is 8.59. The molecule has 1 aliphatic carbocycles. The van der Waals surface area contributed by atoms with Gasteiger partial charge in [-0.2, -0.15) is 0 Å². The van der Waals surface area contributed by atoms with Gasteiger partial charge in [-0.25, -0.2) is 0 Å². The van der Waals surface area contributed by atoms with Gasteiger partial charge in [0.2, 0.25) is 11.8 Å². The fourth-order valence-electron chi connectivity index (χ4n) is 3.50. The third-order valence-corrected chi connectivity index (χ3v) is 5.38. The Hall–Kier alpha value is -1.06. The molecule has 2 aliphatic rings. The summed E-state index contributed by atoms with van der Waals surface area (Å²) in [6, 6.07) is -0.317. The van der Waals surface area contributed by atoms with Crippen LogP contribution >= 0.6 is 0 Å². The Balaban J connectivity index is 1.86. The van der Waals surface area contributed by atoms with Gasteiger partial charge in [-0.05, 0) is 24.2 Å². The van der Waals surface area contributed by atoms with Crippen molar-refractivity contribution in [3.8, 4) is 0 Å². The molecule has 0 aromatic heterocycles. The van der Waals surface area contributed by atoms with E-state index in [2.05, 4.69) is 19.2 Å². The fraction of sp³-hybridized carbons (Fsp3) is 0.882. The smallest absolute Gasteiger partial charge is 0.245 e. The van der Waals surface area contributed by atoms with Gasteiger partial charge in [0.25, 0.3) is 0 Å². The van der Waals surface area contributed by atoms with Crippen molar-refractivity contribution in [2.24, 2.45) is 17.8 Å². The Morgan fingerprint density at radius 3 is 2.52 bits per heavy atom. The number of nitrogens with one attached hydrogen (secondary N) is 1. The quantitative estimate of drug-likeness (QED) is 0.847. The summed E-state index contributed by atoms with van der Waals surface area (Å²) in [4.78, 5) is 26.1. The third kappa shape index (κ3) is 4.21. The molecular formula is C17H30N2O2. The van der Waals surface area contributed by atoms with Crippen molar-refractivity contribution in [3.63, 3.8) is 0 Å². The second-order valence-electron chi connectivity index (χ2n) is 7.11. The van der Waals surface area contributed by atoms with Crippen LogP contribution < -0.4 is 5.32 Å². The first kappa shape index (κ1) is 16.3. The Kier molecular flexibility index (Phi) is 5.65. The molecule has 2 fully saturated rings. The molecular weight excluding hydrogens is 264 g/mol. The number of hydrogen-bond donors (Lipinski definition) is 1. The van der Waals surface area contributed by atoms with Gasteiger partial charge in [-0.15, -0.1) is 0 Å². The summed E-state index contributed by atoms with van der Waals surface area (Å²) in [6.07, 6.45) is 7.15. The van der Waals surface area contributed by atoms with E-state index in [0.717, 1.165) is 31.2 Å². The van der Waals surface area contributed by atoms with Crippen molar-refractivity contribution in [1.82, 2.24) is 10.2 Å². The molecule has 2 atom stereocenters. The first-order valence-corrected chi connectivity index (χ1v) is 8.59. The highest BCUT2D eigenvalue weighted by Gasteiger charge is 2.35. The number of rotatable bonds is 5. The van der Waals surface area contributed by atoms with Crippen LogP contribution in [0, 0.1) is 17.8 Å². The molecule has 0 aromatic rings. The molecule has 4 nitrogen and oxygen atoms in total. The summed E-state index contributed by atoms with van der Waals surface area (Å²) < 4.78 is 0. The predicted octanol–water partition coefficient (Wildman–Crippen LogP) is 2.58. The molecule has 0 spiro atoms. The van der Waals surface area contributed by atoms with Crippen LogP contribution in [0.3, 0.4) is 0 Å². The molecule has 1 saturated heterocycles. The standard InChI is InChI=1S/C17H30N2O2/c1-4-13(3)16-17(21)19(11-15(20)18-16)10-9-14-7-5-12(2)6-8-14/h12-14,16H,4-11H2,1-3H3,(H,18,20). The SMILES string of the molecule is CCC(C)C1NC(=O)CN(CCC2CCC(C)CC2)C1=O. The average molecular weight is 294 g/mol. The second kappa shape index (κ2) is 7.28. The molecule has 2 amide bonds. The minimum absolute atomic E-state index is 0.00262. The van der Waals surface area contributed by atoms with E-state index in [1.54, 1.807) is 4.90 Å². The second-order valence-corrected chi connectivity index (χ2v) is 7.11. The molecule has 0 aromatic carbocycles. The van der Waals surface area contributed by atoms with Gasteiger partial charge < -0.3 is 10.2 Å². The molecule has 21 heavy (non-hydrogen) atoms. The topological polar surface area (TPSA) is 49.4 Å². The van der Waals surface area contributed by atoms with E-state index in [4.69, 9.17) is 0 Å². The number of nitrogens with zero attached hydrogens (tertiary/aromatic N) is 1. The van der Waals surface area contributed by atoms with Gasteiger partial charge >= 0.3 is 0 Å². The lowest BCUT2D eigenvalue weighted by atomic mass is 9.81. The van der Waals surface area contributed by atoms with Crippen LogP contribution in [0.4, 0.5) is 0 Å². The van der Waals surface area contributed by atoms with Crippen molar-refractivity contribution in [1.29, 1.82) is 0 Å². The Morgan fingerprint density at radius 1 is 1.24 bits per heavy atom. The highest BCUT2D eigenvalue weighted by Crippen LogP contribution is 2.30. The molecule has 4 heteroatoms. The minimum atomic E-state index is -0.317. The van der Waals surface area contributed by atoms with Crippen molar-refractivity contribution in [3.05, 3.63) is 0 Å². The summed E-state index contributed by atoms with van der Waals surface area (Å²) in [5.74, 6) is 1.92. The Labute approximate surface area is 128 Å². The summed E-state index contributed by atoms with van der Waals surface area (Å²) in [5, 5.41) is 2.86. The van der Waals surface area contributed by atoms with E-state index >= 15 is 0 Å². The van der Waals surface area contributed by atoms with E-state index in [1.165, 1.54) is 25.7 Å². The molecule has 2 unspecified atom stereocenters. The largest absolute Gasteiger partial charge is 0.342 e. The Bertz CT molecular complexity index is 375. The zero-order chi connectivity index (χ0) is 15.4. The summed E-state index contributed by atoms with van der Waals surface area (Å²) in [7, 11) is 0. The molecule has 0 radical (unpaired) electrons. The lowest BCUT2D eigenvalue weighted by Gasteiger charge is -2.36. The van der Waals surface area contributed by atoms with Crippen LogP contribution in [0.25, 0.3) is 0 Å². The zero-order valence-corrected chi connectivity index (χ0v) is 13.7. The van der Waals surface area contributed by atoms with Gasteiger partial charge in [0, 0.05) is 6.54 Å². The number of carbonyl (C=O) groups excluding carboxylic acids is 2. The van der Waals surface area contributed by atoms with Gasteiger partial charge in [0.05, 0.1) is 6.54 Å². The number of piperazine rings is 1. The van der Waals surface area contributed by atoms with Gasteiger partial charge in [-0.3, -0.25) is 9.59 Å². The maximum atomic E-state index is 12.5. The van der Waals surface area contributed by atoms with E-state index < -0.39 is 0 Å². The summed E-state index contributed by atoms with van der Waals surface area (Å²) in [6.45, 7) is 7.42. The van der Waals surface area contributed by atoms with Crippen LogP contribution in [-0.2, 0) is 9.59 Å². The normalized spacial score (nSPS) is 32.0. The minimum Gasteiger partial charge on any atom is -0.342 e. The zero-order valence-electron chi connectivity index (χ0n) is 13.7. The van der Waals surface area contributed by atoms with Crippen LogP contribution in [0.15, 0.2) is 0 Å². The monoisotopic (exact) mass is 294 g/mol. The van der Waals surface area contributed by atoms with E-state index in [9.17, 15) is 9.59 Å². The highest BCUT2D eigenvalue weighted by molar-refractivity contribution is 5.95. The van der Waals surface area contributed by atoms with Crippen LogP contribution in [-0.4, -0.2) is 35.8 Å². The highest BCUT2D eigenvalue weighted by atomic mass is 16.2. The van der Waals surface area contributed by atoms with Crippen molar-refractivity contribution in [2.45, 2.75) is 65.3 Å². The maximum Gasteiger partial charge on any atom is 0.245 e. The molecule has 0 bridgehead atoms. The lowest BCUT2D eigenvalue weighted by Crippen LogP contribution is -2.60. The van der Waals surface area contributed by atoms with E-state index in [-0.39, 0.29) is 30.3 Å². The maximum absolute atomic E-state index is 12.5. The molecule has 2 rings (SSSR count). The Morgan fingerprint density at radius 2 is 1.90 bits per heavy atom. The van der Waals surface area contributed by atoms with E-state index in [1.807, 2.05) is 6.92 Å².